The average molecular weight is 410 g/mol. The second-order valence-corrected chi connectivity index (χ2v) is 7.65. The summed E-state index contributed by atoms with van der Waals surface area (Å²) in [5, 5.41) is 8.02. The second-order valence-electron chi connectivity index (χ2n) is 6.79. The van der Waals surface area contributed by atoms with Crippen molar-refractivity contribution in [2.24, 2.45) is 5.92 Å². The molecule has 0 bridgehead atoms. The molecule has 2 amide bonds. The van der Waals surface area contributed by atoms with E-state index in [9.17, 15) is 9.59 Å². The van der Waals surface area contributed by atoms with Crippen molar-refractivity contribution in [3.8, 4) is 17.0 Å². The van der Waals surface area contributed by atoms with Crippen molar-refractivity contribution in [1.29, 1.82) is 0 Å². The Balaban J connectivity index is 1.72. The van der Waals surface area contributed by atoms with E-state index in [4.69, 9.17) is 4.74 Å². The van der Waals surface area contributed by atoms with Crippen molar-refractivity contribution >= 4 is 28.3 Å². The third-order valence-electron chi connectivity index (χ3n) is 4.39. The maximum atomic E-state index is 12.8. The molecule has 0 saturated heterocycles. The summed E-state index contributed by atoms with van der Waals surface area (Å²) in [4.78, 5) is 30.0. The van der Waals surface area contributed by atoms with Gasteiger partial charge in [0.25, 0.3) is 5.91 Å². The van der Waals surface area contributed by atoms with E-state index < -0.39 is 6.04 Å². The summed E-state index contributed by atoms with van der Waals surface area (Å²) in [7, 11) is 1.51. The van der Waals surface area contributed by atoms with Crippen LogP contribution < -0.4 is 15.4 Å². The number of hydrogen-bond donors (Lipinski definition) is 2. The summed E-state index contributed by atoms with van der Waals surface area (Å²) in [6, 6.07) is 15.9. The van der Waals surface area contributed by atoms with Gasteiger partial charge in [0.05, 0.1) is 18.4 Å². The number of aromatic nitrogens is 1. The number of nitrogens with one attached hydrogen (secondary N) is 2. The number of carbonyl (C=O) groups excluding carboxylic acids is 2. The Kier molecular flexibility index (Phi) is 6.61. The molecule has 3 aromatic rings. The minimum absolute atomic E-state index is 0.109. The number of hydrogen-bond acceptors (Lipinski definition) is 5. The minimum atomic E-state index is -0.712. The van der Waals surface area contributed by atoms with Crippen LogP contribution in [0.1, 0.15) is 24.2 Å². The Morgan fingerprint density at radius 1 is 1.03 bits per heavy atom. The predicted molar refractivity (Wildman–Crippen MR) is 115 cm³/mol. The van der Waals surface area contributed by atoms with E-state index in [1.807, 2.05) is 49.6 Å². The number of benzene rings is 2. The van der Waals surface area contributed by atoms with Gasteiger partial charge in [0.2, 0.25) is 5.91 Å². The highest BCUT2D eigenvalue weighted by Crippen LogP contribution is 2.25. The molecule has 0 spiro atoms. The topological polar surface area (TPSA) is 80.3 Å². The number of para-hydroxylation sites is 1. The Labute approximate surface area is 173 Å². The lowest BCUT2D eigenvalue weighted by molar-refractivity contribution is -0.118. The molecule has 0 radical (unpaired) electrons. The highest BCUT2D eigenvalue weighted by atomic mass is 32.1. The quantitative estimate of drug-likeness (QED) is 0.613. The molecule has 6 nitrogen and oxygen atoms in total. The smallest absolute Gasteiger partial charge is 0.255 e. The van der Waals surface area contributed by atoms with Gasteiger partial charge >= 0.3 is 0 Å². The molecule has 0 aliphatic rings. The van der Waals surface area contributed by atoms with Gasteiger partial charge in [-0.2, -0.15) is 0 Å². The standard InChI is InChI=1S/C22H23N3O3S/c1-14(2)19(24-20(26)16-11-7-8-12-18(16)28-3)21(27)25-22-23-17(13-29-22)15-9-5-4-6-10-15/h4-14,19H,1-3H3,(H,24,26)(H,23,25,27). The van der Waals surface area contributed by atoms with E-state index in [1.54, 1.807) is 24.3 Å². The van der Waals surface area contributed by atoms with Crippen LogP contribution in [-0.4, -0.2) is 29.9 Å². The number of anilines is 1. The Bertz CT molecular complexity index is 986. The van der Waals surface area contributed by atoms with Crippen molar-refractivity contribution < 1.29 is 14.3 Å². The summed E-state index contributed by atoms with van der Waals surface area (Å²) in [6.07, 6.45) is 0. The molecule has 0 aliphatic heterocycles. The second kappa shape index (κ2) is 9.34. The summed E-state index contributed by atoms with van der Waals surface area (Å²) in [5.41, 5.74) is 2.16. The maximum absolute atomic E-state index is 12.8. The number of rotatable bonds is 7. The van der Waals surface area contributed by atoms with Crippen LogP contribution >= 0.6 is 11.3 Å². The molecule has 1 atom stereocenters. The zero-order valence-electron chi connectivity index (χ0n) is 16.5. The zero-order chi connectivity index (χ0) is 20.8. The molecular formula is C22H23N3O3S. The molecular weight excluding hydrogens is 386 g/mol. The van der Waals surface area contributed by atoms with Crippen LogP contribution in [0.15, 0.2) is 60.0 Å². The van der Waals surface area contributed by atoms with Crippen molar-refractivity contribution in [2.45, 2.75) is 19.9 Å². The molecule has 150 valence electrons. The molecule has 2 aromatic carbocycles. The lowest BCUT2D eigenvalue weighted by atomic mass is 10.0. The first kappa shape index (κ1) is 20.5. The van der Waals surface area contributed by atoms with E-state index >= 15 is 0 Å². The van der Waals surface area contributed by atoms with Gasteiger partial charge in [-0.3, -0.25) is 9.59 Å². The Hall–Kier alpha value is -3.19. The van der Waals surface area contributed by atoms with E-state index in [2.05, 4.69) is 15.6 Å². The van der Waals surface area contributed by atoms with Gasteiger partial charge < -0.3 is 15.4 Å². The molecule has 1 aromatic heterocycles. The van der Waals surface area contributed by atoms with Crippen LogP contribution in [-0.2, 0) is 4.79 Å². The van der Waals surface area contributed by atoms with Crippen molar-refractivity contribution in [3.63, 3.8) is 0 Å². The van der Waals surface area contributed by atoms with Crippen LogP contribution in [0.3, 0.4) is 0 Å². The van der Waals surface area contributed by atoms with Gasteiger partial charge in [-0.05, 0) is 18.1 Å². The monoisotopic (exact) mass is 409 g/mol. The van der Waals surface area contributed by atoms with Crippen LogP contribution in [0.5, 0.6) is 5.75 Å². The number of nitrogens with zero attached hydrogens (tertiary/aromatic N) is 1. The lowest BCUT2D eigenvalue weighted by Gasteiger charge is -2.21. The summed E-state index contributed by atoms with van der Waals surface area (Å²) in [6.45, 7) is 3.76. The molecule has 1 heterocycles. The maximum Gasteiger partial charge on any atom is 0.255 e. The Morgan fingerprint density at radius 3 is 2.41 bits per heavy atom. The molecule has 0 fully saturated rings. The SMILES string of the molecule is COc1ccccc1C(=O)NC(C(=O)Nc1nc(-c2ccccc2)cs1)C(C)C. The van der Waals surface area contributed by atoms with Crippen molar-refractivity contribution in [2.75, 3.05) is 12.4 Å². The van der Waals surface area contributed by atoms with Crippen LogP contribution in [0, 0.1) is 5.92 Å². The van der Waals surface area contributed by atoms with Gasteiger partial charge in [-0.25, -0.2) is 4.98 Å². The van der Waals surface area contributed by atoms with E-state index in [-0.39, 0.29) is 17.7 Å². The molecule has 7 heteroatoms. The van der Waals surface area contributed by atoms with Crippen LogP contribution in [0.2, 0.25) is 0 Å². The van der Waals surface area contributed by atoms with E-state index in [0.29, 0.717) is 16.4 Å². The number of methoxy groups -OCH3 is 1. The summed E-state index contributed by atoms with van der Waals surface area (Å²) >= 11 is 1.35. The third kappa shape index (κ3) is 5.00. The fourth-order valence-corrected chi connectivity index (χ4v) is 3.56. The third-order valence-corrected chi connectivity index (χ3v) is 5.15. The predicted octanol–water partition coefficient (Wildman–Crippen LogP) is 4.21. The van der Waals surface area contributed by atoms with E-state index in [1.165, 1.54) is 18.4 Å². The first-order chi connectivity index (χ1) is 14.0. The average Bonchev–Trinajstić information content (AvgIpc) is 3.20. The largest absolute Gasteiger partial charge is 0.496 e. The van der Waals surface area contributed by atoms with Gasteiger partial charge in [0.15, 0.2) is 5.13 Å². The zero-order valence-corrected chi connectivity index (χ0v) is 17.3. The van der Waals surface area contributed by atoms with Crippen LogP contribution in [0.25, 0.3) is 11.3 Å². The fraction of sp³-hybridized carbons (Fsp3) is 0.227. The van der Waals surface area contributed by atoms with Crippen LogP contribution in [0.4, 0.5) is 5.13 Å². The number of carbonyl (C=O) groups is 2. The van der Waals surface area contributed by atoms with Gasteiger partial charge in [0.1, 0.15) is 11.8 Å². The fourth-order valence-electron chi connectivity index (χ4n) is 2.84. The molecule has 1 unspecified atom stereocenters. The van der Waals surface area contributed by atoms with Crippen molar-refractivity contribution in [3.05, 3.63) is 65.5 Å². The first-order valence-corrected chi connectivity index (χ1v) is 10.1. The minimum Gasteiger partial charge on any atom is -0.496 e. The number of thiazole rings is 1. The van der Waals surface area contributed by atoms with Gasteiger partial charge in [-0.1, -0.05) is 56.3 Å². The first-order valence-electron chi connectivity index (χ1n) is 9.25. The van der Waals surface area contributed by atoms with Crippen molar-refractivity contribution in [1.82, 2.24) is 10.3 Å². The lowest BCUT2D eigenvalue weighted by Crippen LogP contribution is -2.47. The molecule has 3 rings (SSSR count). The number of amides is 2. The Morgan fingerprint density at radius 2 is 1.72 bits per heavy atom. The number of ether oxygens (including phenoxy) is 1. The highest BCUT2D eigenvalue weighted by molar-refractivity contribution is 7.14. The highest BCUT2D eigenvalue weighted by Gasteiger charge is 2.26. The molecule has 2 N–H and O–H groups in total. The molecule has 0 aliphatic carbocycles. The summed E-state index contributed by atoms with van der Waals surface area (Å²) in [5.74, 6) is -0.319. The van der Waals surface area contributed by atoms with Gasteiger partial charge in [-0.15, -0.1) is 11.3 Å². The van der Waals surface area contributed by atoms with E-state index in [0.717, 1.165) is 11.3 Å². The summed E-state index contributed by atoms with van der Waals surface area (Å²) < 4.78 is 5.24. The normalized spacial score (nSPS) is 11.7. The van der Waals surface area contributed by atoms with Gasteiger partial charge in [0, 0.05) is 10.9 Å². The molecule has 29 heavy (non-hydrogen) atoms. The molecule has 0 saturated carbocycles.